The quantitative estimate of drug-likeness (QED) is 0.590. The zero-order chi connectivity index (χ0) is 12.7. The maximum atomic E-state index is 11.9. The first-order chi connectivity index (χ1) is 8.13. The molecule has 3 heteroatoms. The second-order valence-corrected chi connectivity index (χ2v) is 5.07. The van der Waals surface area contributed by atoms with Crippen LogP contribution in [0.15, 0.2) is 52.5 Å². The van der Waals surface area contributed by atoms with Crippen molar-refractivity contribution in [2.24, 2.45) is 0 Å². The fourth-order valence-corrected chi connectivity index (χ4v) is 2.07. The van der Waals surface area contributed by atoms with Crippen LogP contribution in [-0.4, -0.2) is 10.8 Å². The zero-order valence-electron chi connectivity index (χ0n) is 10.5. The Bertz CT molecular complexity index is 430. The normalized spacial score (nSPS) is 13.9. The molecule has 0 aliphatic rings. The largest absolute Gasteiger partial charge is 0.501 e. The van der Waals surface area contributed by atoms with E-state index in [4.69, 9.17) is 4.74 Å². The van der Waals surface area contributed by atoms with Crippen molar-refractivity contribution in [2.75, 3.05) is 6.61 Å². The smallest absolute Gasteiger partial charge is 0.0858 e. The molecule has 0 saturated carbocycles. The first-order valence-corrected chi connectivity index (χ1v) is 6.78. The van der Waals surface area contributed by atoms with Crippen molar-refractivity contribution < 1.29 is 8.95 Å². The Morgan fingerprint density at radius 1 is 1.35 bits per heavy atom. The predicted molar refractivity (Wildman–Crippen MR) is 72.1 cm³/mol. The van der Waals surface area contributed by atoms with Gasteiger partial charge in [0.2, 0.25) is 0 Å². The summed E-state index contributed by atoms with van der Waals surface area (Å²) in [7, 11) is -1.09. The van der Waals surface area contributed by atoms with E-state index in [1.165, 1.54) is 5.56 Å². The lowest BCUT2D eigenvalue weighted by Crippen LogP contribution is -1.87. The van der Waals surface area contributed by atoms with E-state index >= 15 is 0 Å². The molecule has 2 nitrogen and oxygen atoms in total. The Morgan fingerprint density at radius 3 is 2.59 bits per heavy atom. The SMILES string of the molecule is CCO/C=C(C)/C=C/[S@@](=O)c1ccc(C)cc1. The number of rotatable bonds is 5. The van der Waals surface area contributed by atoms with Crippen LogP contribution in [0, 0.1) is 6.92 Å². The van der Waals surface area contributed by atoms with Crippen molar-refractivity contribution in [3.05, 3.63) is 53.1 Å². The Morgan fingerprint density at radius 2 is 2.00 bits per heavy atom. The molecule has 0 radical (unpaired) electrons. The van der Waals surface area contributed by atoms with Crippen LogP contribution in [0.1, 0.15) is 19.4 Å². The Labute approximate surface area is 105 Å². The summed E-state index contributed by atoms with van der Waals surface area (Å²) in [5.74, 6) is 0. The van der Waals surface area contributed by atoms with Gasteiger partial charge < -0.3 is 4.74 Å². The lowest BCUT2D eigenvalue weighted by atomic mass is 10.2. The molecular formula is C14H18O2S. The summed E-state index contributed by atoms with van der Waals surface area (Å²) < 4.78 is 17.0. The molecule has 17 heavy (non-hydrogen) atoms. The second-order valence-electron chi connectivity index (χ2n) is 3.73. The van der Waals surface area contributed by atoms with Crippen LogP contribution in [0.3, 0.4) is 0 Å². The van der Waals surface area contributed by atoms with E-state index in [0.29, 0.717) is 6.61 Å². The summed E-state index contributed by atoms with van der Waals surface area (Å²) >= 11 is 0. The molecule has 0 unspecified atom stereocenters. The molecule has 1 rings (SSSR count). The fourth-order valence-electron chi connectivity index (χ4n) is 1.17. The van der Waals surface area contributed by atoms with Crippen LogP contribution in [0.2, 0.25) is 0 Å². The third-order valence-corrected chi connectivity index (χ3v) is 3.26. The van der Waals surface area contributed by atoms with Crippen molar-refractivity contribution in [2.45, 2.75) is 25.7 Å². The molecule has 1 atom stereocenters. The molecule has 0 spiro atoms. The van der Waals surface area contributed by atoms with E-state index in [9.17, 15) is 4.21 Å². The van der Waals surface area contributed by atoms with Crippen molar-refractivity contribution in [3.8, 4) is 0 Å². The van der Waals surface area contributed by atoms with E-state index in [0.717, 1.165) is 10.5 Å². The monoisotopic (exact) mass is 250 g/mol. The molecule has 0 aromatic heterocycles. The molecule has 92 valence electrons. The molecule has 0 fully saturated rings. The van der Waals surface area contributed by atoms with E-state index in [2.05, 4.69) is 0 Å². The number of allylic oxidation sites excluding steroid dienone is 2. The van der Waals surface area contributed by atoms with Gasteiger partial charge in [-0.2, -0.15) is 0 Å². The number of hydrogen-bond acceptors (Lipinski definition) is 2. The van der Waals surface area contributed by atoms with Crippen molar-refractivity contribution in [3.63, 3.8) is 0 Å². The van der Waals surface area contributed by atoms with Crippen molar-refractivity contribution >= 4 is 10.8 Å². The molecule has 0 saturated heterocycles. The maximum Gasteiger partial charge on any atom is 0.0858 e. The van der Waals surface area contributed by atoms with Gasteiger partial charge in [0, 0.05) is 10.3 Å². The van der Waals surface area contributed by atoms with Gasteiger partial charge in [-0.3, -0.25) is 0 Å². The molecule has 0 amide bonds. The summed E-state index contributed by atoms with van der Waals surface area (Å²) in [4.78, 5) is 0.816. The highest BCUT2D eigenvalue weighted by Gasteiger charge is 1.98. The summed E-state index contributed by atoms with van der Waals surface area (Å²) in [5, 5.41) is 1.68. The fraction of sp³-hybridized carbons (Fsp3) is 0.286. The van der Waals surface area contributed by atoms with Gasteiger partial charge in [0.25, 0.3) is 0 Å². The standard InChI is InChI=1S/C14H18O2S/c1-4-16-11-13(3)9-10-17(15)14-7-5-12(2)6-8-14/h5-11H,4H2,1-3H3/b10-9+,13-11+/t17-/m1/s1. The maximum absolute atomic E-state index is 11.9. The molecular weight excluding hydrogens is 232 g/mol. The van der Waals surface area contributed by atoms with Gasteiger partial charge in [0.1, 0.15) is 0 Å². The van der Waals surface area contributed by atoms with Gasteiger partial charge in [-0.15, -0.1) is 0 Å². The summed E-state index contributed by atoms with van der Waals surface area (Å²) in [6.07, 6.45) is 3.48. The van der Waals surface area contributed by atoms with Crippen LogP contribution >= 0.6 is 0 Å². The third-order valence-electron chi connectivity index (χ3n) is 2.14. The van der Waals surface area contributed by atoms with Gasteiger partial charge in [-0.05, 0) is 44.6 Å². The summed E-state index contributed by atoms with van der Waals surface area (Å²) in [5.41, 5.74) is 2.12. The first kappa shape index (κ1) is 13.7. The molecule has 0 aliphatic heterocycles. The molecule has 0 heterocycles. The minimum absolute atomic E-state index is 0.645. The molecule has 1 aromatic rings. The molecule has 0 bridgehead atoms. The van der Waals surface area contributed by atoms with E-state index in [1.54, 1.807) is 11.7 Å². The van der Waals surface area contributed by atoms with Crippen LogP contribution in [0.25, 0.3) is 0 Å². The van der Waals surface area contributed by atoms with Crippen LogP contribution < -0.4 is 0 Å². The summed E-state index contributed by atoms with van der Waals surface area (Å²) in [6.45, 7) is 6.50. The second kappa shape index (κ2) is 7.07. The van der Waals surface area contributed by atoms with Crippen LogP contribution in [0.4, 0.5) is 0 Å². The number of hydrogen-bond donors (Lipinski definition) is 0. The van der Waals surface area contributed by atoms with Gasteiger partial charge in [-0.25, -0.2) is 4.21 Å². The highest BCUT2D eigenvalue weighted by Crippen LogP contribution is 2.10. The lowest BCUT2D eigenvalue weighted by molar-refractivity contribution is 0.267. The lowest BCUT2D eigenvalue weighted by Gasteiger charge is -1.98. The van der Waals surface area contributed by atoms with Crippen molar-refractivity contribution in [1.29, 1.82) is 0 Å². The first-order valence-electron chi connectivity index (χ1n) is 5.57. The van der Waals surface area contributed by atoms with Crippen LogP contribution in [0.5, 0.6) is 0 Å². The average molecular weight is 250 g/mol. The minimum Gasteiger partial charge on any atom is -0.501 e. The van der Waals surface area contributed by atoms with E-state index in [-0.39, 0.29) is 0 Å². The zero-order valence-corrected chi connectivity index (χ0v) is 11.3. The Balaban J connectivity index is 2.66. The van der Waals surface area contributed by atoms with Gasteiger partial charge in [-0.1, -0.05) is 17.7 Å². The minimum atomic E-state index is -1.09. The van der Waals surface area contributed by atoms with Gasteiger partial charge in [0.05, 0.1) is 23.7 Å². The van der Waals surface area contributed by atoms with Gasteiger partial charge >= 0.3 is 0 Å². The van der Waals surface area contributed by atoms with E-state index < -0.39 is 10.8 Å². The molecule has 0 aliphatic carbocycles. The van der Waals surface area contributed by atoms with Gasteiger partial charge in [0.15, 0.2) is 0 Å². The van der Waals surface area contributed by atoms with E-state index in [1.807, 2.05) is 51.1 Å². The average Bonchev–Trinajstić information content (AvgIpc) is 2.34. The Hall–Kier alpha value is -1.35. The summed E-state index contributed by atoms with van der Waals surface area (Å²) in [6, 6.07) is 7.70. The number of ether oxygens (including phenoxy) is 1. The molecule has 1 aromatic carbocycles. The number of aryl methyl sites for hydroxylation is 1. The van der Waals surface area contributed by atoms with Crippen molar-refractivity contribution in [1.82, 2.24) is 0 Å². The molecule has 0 N–H and O–H groups in total. The predicted octanol–water partition coefficient (Wildman–Crippen LogP) is 3.56. The topological polar surface area (TPSA) is 26.3 Å². The highest BCUT2D eigenvalue weighted by molar-refractivity contribution is 7.88. The van der Waals surface area contributed by atoms with Crippen LogP contribution in [-0.2, 0) is 15.5 Å². The Kier molecular flexibility index (Phi) is 5.70. The number of benzene rings is 1. The highest BCUT2D eigenvalue weighted by atomic mass is 32.2. The third kappa shape index (κ3) is 5.00.